The van der Waals surface area contributed by atoms with Gasteiger partial charge in [0.25, 0.3) is 5.91 Å². The first-order valence-electron chi connectivity index (χ1n) is 7.23. The van der Waals surface area contributed by atoms with Gasteiger partial charge >= 0.3 is 0 Å². The molecule has 1 aliphatic rings. The molecule has 2 heterocycles. The molecule has 0 spiro atoms. The second-order valence-electron chi connectivity index (χ2n) is 5.35. The Morgan fingerprint density at radius 1 is 1.32 bits per heavy atom. The van der Waals surface area contributed by atoms with Crippen LogP contribution in [0.5, 0.6) is 0 Å². The molecule has 1 saturated heterocycles. The fourth-order valence-electron chi connectivity index (χ4n) is 2.84. The summed E-state index contributed by atoms with van der Waals surface area (Å²) in [4.78, 5) is 18.8. The fourth-order valence-corrected chi connectivity index (χ4v) is 3.38. The molecule has 0 radical (unpaired) electrons. The normalized spacial score (nSPS) is 17.7. The summed E-state index contributed by atoms with van der Waals surface area (Å²) in [6.45, 7) is 1.40. The number of amides is 1. The van der Waals surface area contributed by atoms with E-state index in [-0.39, 0.29) is 17.6 Å². The van der Waals surface area contributed by atoms with Crippen molar-refractivity contribution in [1.29, 1.82) is 0 Å². The first-order chi connectivity index (χ1) is 10.7. The van der Waals surface area contributed by atoms with Crippen LogP contribution in [0, 0.1) is 5.82 Å². The number of rotatable bonds is 3. The highest BCUT2D eigenvalue weighted by Crippen LogP contribution is 2.29. The van der Waals surface area contributed by atoms with Crippen molar-refractivity contribution < 1.29 is 9.18 Å². The Kier molecular flexibility index (Phi) is 4.43. The number of carbonyl (C=O) groups is 1. The standard InChI is InChI=1S/C17H17FN2OS/c1-22-16-15(3-2-9-19-16)17(21)20-10-8-13(11-20)12-4-6-14(18)7-5-12/h2-7,9,13H,8,10-11H2,1H3. The maximum absolute atomic E-state index is 13.0. The molecule has 1 aromatic heterocycles. The van der Waals surface area contributed by atoms with Crippen LogP contribution < -0.4 is 0 Å². The second kappa shape index (κ2) is 6.48. The zero-order valence-electron chi connectivity index (χ0n) is 12.3. The van der Waals surface area contributed by atoms with Gasteiger partial charge in [0.15, 0.2) is 0 Å². The predicted octanol–water partition coefficient (Wildman–Crippen LogP) is 3.57. The van der Waals surface area contributed by atoms with Gasteiger partial charge in [-0.15, -0.1) is 11.8 Å². The number of pyridine rings is 1. The molecule has 0 N–H and O–H groups in total. The summed E-state index contributed by atoms with van der Waals surface area (Å²) in [5.74, 6) is 0.0793. The van der Waals surface area contributed by atoms with Gasteiger partial charge in [-0.05, 0) is 42.5 Å². The quantitative estimate of drug-likeness (QED) is 0.812. The van der Waals surface area contributed by atoms with E-state index in [1.54, 1.807) is 12.3 Å². The third-order valence-electron chi connectivity index (χ3n) is 4.01. The second-order valence-corrected chi connectivity index (χ2v) is 6.14. The van der Waals surface area contributed by atoms with Gasteiger partial charge in [0, 0.05) is 25.2 Å². The fraction of sp³-hybridized carbons (Fsp3) is 0.294. The van der Waals surface area contributed by atoms with Gasteiger partial charge in [-0.25, -0.2) is 9.37 Å². The molecule has 1 aromatic carbocycles. The van der Waals surface area contributed by atoms with Gasteiger partial charge in [-0.1, -0.05) is 12.1 Å². The minimum atomic E-state index is -0.227. The van der Waals surface area contributed by atoms with E-state index >= 15 is 0 Å². The smallest absolute Gasteiger partial charge is 0.256 e. The topological polar surface area (TPSA) is 33.2 Å². The molecule has 0 aliphatic carbocycles. The largest absolute Gasteiger partial charge is 0.338 e. The highest BCUT2D eigenvalue weighted by atomic mass is 32.2. The van der Waals surface area contributed by atoms with Crippen molar-refractivity contribution in [2.24, 2.45) is 0 Å². The minimum Gasteiger partial charge on any atom is -0.338 e. The van der Waals surface area contributed by atoms with Crippen molar-refractivity contribution in [3.63, 3.8) is 0 Å². The van der Waals surface area contributed by atoms with Gasteiger partial charge in [0.2, 0.25) is 0 Å². The molecule has 5 heteroatoms. The number of halogens is 1. The van der Waals surface area contributed by atoms with Gasteiger partial charge in [0.1, 0.15) is 10.8 Å². The number of thioether (sulfide) groups is 1. The molecule has 0 saturated carbocycles. The van der Waals surface area contributed by atoms with Crippen LogP contribution in [-0.4, -0.2) is 35.1 Å². The average molecular weight is 316 g/mol. The average Bonchev–Trinajstić information content (AvgIpc) is 3.05. The molecule has 1 amide bonds. The zero-order chi connectivity index (χ0) is 15.5. The van der Waals surface area contributed by atoms with E-state index in [0.717, 1.165) is 23.6 Å². The highest BCUT2D eigenvalue weighted by Gasteiger charge is 2.29. The predicted molar refractivity (Wildman–Crippen MR) is 85.7 cm³/mol. The summed E-state index contributed by atoms with van der Waals surface area (Å²) in [6.07, 6.45) is 4.53. The third kappa shape index (κ3) is 2.99. The number of likely N-dealkylation sites (tertiary alicyclic amines) is 1. The molecule has 22 heavy (non-hydrogen) atoms. The van der Waals surface area contributed by atoms with E-state index in [1.807, 2.05) is 29.4 Å². The van der Waals surface area contributed by atoms with Crippen molar-refractivity contribution in [1.82, 2.24) is 9.88 Å². The Morgan fingerprint density at radius 2 is 2.09 bits per heavy atom. The van der Waals surface area contributed by atoms with Crippen LogP contribution in [0.4, 0.5) is 4.39 Å². The van der Waals surface area contributed by atoms with Gasteiger partial charge in [-0.3, -0.25) is 4.79 Å². The van der Waals surface area contributed by atoms with E-state index in [4.69, 9.17) is 0 Å². The van der Waals surface area contributed by atoms with Gasteiger partial charge in [-0.2, -0.15) is 0 Å². The van der Waals surface area contributed by atoms with Crippen molar-refractivity contribution >= 4 is 17.7 Å². The van der Waals surface area contributed by atoms with E-state index in [1.165, 1.54) is 23.9 Å². The molecule has 3 rings (SSSR count). The first kappa shape index (κ1) is 15.0. The van der Waals surface area contributed by atoms with E-state index in [0.29, 0.717) is 12.1 Å². The van der Waals surface area contributed by atoms with Crippen molar-refractivity contribution in [2.45, 2.75) is 17.4 Å². The van der Waals surface area contributed by atoms with E-state index < -0.39 is 0 Å². The van der Waals surface area contributed by atoms with Crippen LogP contribution in [0.25, 0.3) is 0 Å². The first-order valence-corrected chi connectivity index (χ1v) is 8.45. The van der Waals surface area contributed by atoms with Crippen LogP contribution in [0.2, 0.25) is 0 Å². The van der Waals surface area contributed by atoms with Crippen LogP contribution >= 0.6 is 11.8 Å². The van der Waals surface area contributed by atoms with Crippen LogP contribution in [0.1, 0.15) is 28.3 Å². The summed E-state index contributed by atoms with van der Waals surface area (Å²) in [5, 5.41) is 0.762. The highest BCUT2D eigenvalue weighted by molar-refractivity contribution is 7.98. The summed E-state index contributed by atoms with van der Waals surface area (Å²) >= 11 is 1.48. The maximum Gasteiger partial charge on any atom is 0.256 e. The number of nitrogens with zero attached hydrogens (tertiary/aromatic N) is 2. The zero-order valence-corrected chi connectivity index (χ0v) is 13.1. The Balaban J connectivity index is 1.74. The molecule has 0 bridgehead atoms. The SMILES string of the molecule is CSc1ncccc1C(=O)N1CCC(c2ccc(F)cc2)C1. The lowest BCUT2D eigenvalue weighted by molar-refractivity contribution is 0.0786. The van der Waals surface area contributed by atoms with Crippen molar-refractivity contribution in [3.8, 4) is 0 Å². The molecular formula is C17H17FN2OS. The molecule has 2 aromatic rings. The summed E-state index contributed by atoms with van der Waals surface area (Å²) in [7, 11) is 0. The lowest BCUT2D eigenvalue weighted by Crippen LogP contribution is -2.29. The Morgan fingerprint density at radius 3 is 2.82 bits per heavy atom. The maximum atomic E-state index is 13.0. The number of aromatic nitrogens is 1. The number of carbonyl (C=O) groups excluding carboxylic acids is 1. The van der Waals surface area contributed by atoms with Crippen LogP contribution in [0.3, 0.4) is 0 Å². The molecule has 114 valence electrons. The van der Waals surface area contributed by atoms with Crippen LogP contribution in [-0.2, 0) is 0 Å². The van der Waals surface area contributed by atoms with Crippen LogP contribution in [0.15, 0.2) is 47.6 Å². The number of hydrogen-bond acceptors (Lipinski definition) is 3. The lowest BCUT2D eigenvalue weighted by atomic mass is 9.99. The summed E-state index contributed by atoms with van der Waals surface area (Å²) in [6, 6.07) is 10.2. The van der Waals surface area contributed by atoms with Gasteiger partial charge < -0.3 is 4.90 Å². The number of hydrogen-bond donors (Lipinski definition) is 0. The molecule has 1 unspecified atom stereocenters. The third-order valence-corrected chi connectivity index (χ3v) is 4.72. The van der Waals surface area contributed by atoms with Gasteiger partial charge in [0.05, 0.1) is 5.56 Å². The minimum absolute atomic E-state index is 0.0297. The Hall–Kier alpha value is -1.88. The number of benzene rings is 1. The molecular weight excluding hydrogens is 299 g/mol. The summed E-state index contributed by atoms with van der Waals surface area (Å²) < 4.78 is 13.0. The monoisotopic (exact) mass is 316 g/mol. The van der Waals surface area contributed by atoms with E-state index in [9.17, 15) is 9.18 Å². The summed E-state index contributed by atoms with van der Waals surface area (Å²) in [5.41, 5.74) is 1.75. The molecule has 1 atom stereocenters. The van der Waals surface area contributed by atoms with Crippen molar-refractivity contribution in [2.75, 3.05) is 19.3 Å². The molecule has 1 fully saturated rings. The van der Waals surface area contributed by atoms with E-state index in [2.05, 4.69) is 4.98 Å². The lowest BCUT2D eigenvalue weighted by Gasteiger charge is -2.18. The molecule has 1 aliphatic heterocycles. The molecule has 3 nitrogen and oxygen atoms in total. The Bertz CT molecular complexity index is 675. The Labute approximate surface area is 133 Å². The van der Waals surface area contributed by atoms with Crippen molar-refractivity contribution in [3.05, 3.63) is 59.5 Å².